The Labute approximate surface area is 182 Å². The highest BCUT2D eigenvalue weighted by atomic mass is 16.1. The number of aromatic nitrogens is 2. The van der Waals surface area contributed by atoms with Crippen molar-refractivity contribution in [2.24, 2.45) is 0 Å². The number of carbonyl (C=O) groups excluding carboxylic acids is 1. The molecule has 0 saturated heterocycles. The van der Waals surface area contributed by atoms with Crippen molar-refractivity contribution in [3.05, 3.63) is 77.6 Å². The molecule has 0 fully saturated rings. The van der Waals surface area contributed by atoms with E-state index in [2.05, 4.69) is 46.9 Å². The predicted molar refractivity (Wildman–Crippen MR) is 126 cm³/mol. The van der Waals surface area contributed by atoms with Crippen molar-refractivity contribution in [1.82, 2.24) is 14.9 Å². The fraction of sp³-hybridized carbons (Fsp3) is 0.231. The lowest BCUT2D eigenvalue weighted by Gasteiger charge is -2.12. The van der Waals surface area contributed by atoms with E-state index in [1.807, 2.05) is 48.8 Å². The maximum Gasteiger partial charge on any atom is 0.261 e. The summed E-state index contributed by atoms with van der Waals surface area (Å²) in [5.41, 5.74) is 4.35. The van der Waals surface area contributed by atoms with Gasteiger partial charge in [-0.15, -0.1) is 0 Å². The summed E-state index contributed by atoms with van der Waals surface area (Å²) in [6.07, 6.45) is 7.41. The molecule has 0 unspecified atom stereocenters. The smallest absolute Gasteiger partial charge is 0.261 e. The number of H-pyrrole nitrogens is 1. The highest BCUT2D eigenvalue weighted by Crippen LogP contribution is 2.27. The van der Waals surface area contributed by atoms with Crippen LogP contribution >= 0.6 is 0 Å². The maximum absolute atomic E-state index is 12.7. The van der Waals surface area contributed by atoms with Gasteiger partial charge < -0.3 is 14.9 Å². The van der Waals surface area contributed by atoms with Gasteiger partial charge in [0, 0.05) is 52.3 Å². The number of rotatable bonds is 7. The first-order valence-corrected chi connectivity index (χ1v) is 10.7. The van der Waals surface area contributed by atoms with Gasteiger partial charge in [0.05, 0.1) is 0 Å². The summed E-state index contributed by atoms with van der Waals surface area (Å²) in [4.78, 5) is 15.9. The van der Waals surface area contributed by atoms with Gasteiger partial charge in [0.1, 0.15) is 11.6 Å². The van der Waals surface area contributed by atoms with Crippen molar-refractivity contribution >= 4 is 33.8 Å². The Hall–Kier alpha value is -3.78. The minimum atomic E-state index is -0.345. The van der Waals surface area contributed by atoms with Crippen LogP contribution in [0.2, 0.25) is 0 Å². The Morgan fingerprint density at radius 3 is 2.71 bits per heavy atom. The van der Waals surface area contributed by atoms with Crippen LogP contribution in [-0.4, -0.2) is 22.0 Å². The number of benzene rings is 2. The summed E-state index contributed by atoms with van der Waals surface area (Å²) < 4.78 is 2.21. The molecule has 2 aromatic heterocycles. The maximum atomic E-state index is 12.7. The van der Waals surface area contributed by atoms with Crippen LogP contribution in [0.25, 0.3) is 27.9 Å². The molecular formula is C26H26N4O. The highest BCUT2D eigenvalue weighted by Gasteiger charge is 2.14. The summed E-state index contributed by atoms with van der Waals surface area (Å²) in [6.45, 7) is 4.79. The van der Waals surface area contributed by atoms with Gasteiger partial charge in [0.25, 0.3) is 5.91 Å². The van der Waals surface area contributed by atoms with Crippen molar-refractivity contribution in [2.75, 3.05) is 6.54 Å². The molecule has 5 heteroatoms. The third-order valence-corrected chi connectivity index (χ3v) is 5.86. The minimum absolute atomic E-state index is 0.117. The third-order valence-electron chi connectivity index (χ3n) is 5.86. The summed E-state index contributed by atoms with van der Waals surface area (Å²) in [5.74, 6) is -0.345. The molecule has 2 N–H and O–H groups in total. The number of hydrogen-bond acceptors (Lipinski definition) is 2. The second-order valence-electron chi connectivity index (χ2n) is 7.80. The van der Waals surface area contributed by atoms with Crippen molar-refractivity contribution in [3.63, 3.8) is 0 Å². The van der Waals surface area contributed by atoms with Crippen LogP contribution < -0.4 is 5.32 Å². The SMILES string of the molecule is CC[C@H](C)n1cc(/C=C(/C#N)C(=O)NCCc2c[nH]c3ccccc23)c2ccccc21. The molecule has 0 aliphatic carbocycles. The van der Waals surface area contributed by atoms with Gasteiger partial charge in [-0.2, -0.15) is 5.26 Å². The van der Waals surface area contributed by atoms with E-state index in [1.165, 1.54) is 0 Å². The zero-order valence-corrected chi connectivity index (χ0v) is 17.9. The molecule has 1 amide bonds. The second kappa shape index (κ2) is 8.93. The fourth-order valence-electron chi connectivity index (χ4n) is 3.96. The van der Waals surface area contributed by atoms with E-state index in [0.29, 0.717) is 19.0 Å². The van der Waals surface area contributed by atoms with Crippen LogP contribution in [0.1, 0.15) is 37.4 Å². The lowest BCUT2D eigenvalue weighted by Crippen LogP contribution is -2.26. The standard InChI is InChI=1S/C26H26N4O/c1-3-18(2)30-17-21(23-9-5-7-11-25(23)30)14-20(15-27)26(31)28-13-12-19-16-29-24-10-6-4-8-22(19)24/h4-11,14,16-18,29H,3,12-13H2,1-2H3,(H,28,31)/b20-14-/t18-/m0/s1. The Bertz CT molecular complexity index is 1300. The van der Waals surface area contributed by atoms with Gasteiger partial charge in [-0.3, -0.25) is 4.79 Å². The molecule has 31 heavy (non-hydrogen) atoms. The first-order chi connectivity index (χ1) is 15.1. The molecule has 156 valence electrons. The molecule has 5 nitrogen and oxygen atoms in total. The van der Waals surface area contributed by atoms with Crippen molar-refractivity contribution in [3.8, 4) is 6.07 Å². The van der Waals surface area contributed by atoms with Gasteiger partial charge in [-0.25, -0.2) is 0 Å². The minimum Gasteiger partial charge on any atom is -0.361 e. The van der Waals surface area contributed by atoms with E-state index in [9.17, 15) is 10.1 Å². The van der Waals surface area contributed by atoms with E-state index in [4.69, 9.17) is 0 Å². The van der Waals surface area contributed by atoms with Crippen molar-refractivity contribution in [2.45, 2.75) is 32.7 Å². The average Bonchev–Trinajstić information content (AvgIpc) is 3.38. The monoisotopic (exact) mass is 410 g/mol. The van der Waals surface area contributed by atoms with Crippen LogP contribution in [0, 0.1) is 11.3 Å². The van der Waals surface area contributed by atoms with E-state index < -0.39 is 0 Å². The third kappa shape index (κ3) is 4.10. The highest BCUT2D eigenvalue weighted by molar-refractivity contribution is 6.04. The Kier molecular flexibility index (Phi) is 5.90. The number of para-hydroxylation sites is 2. The lowest BCUT2D eigenvalue weighted by molar-refractivity contribution is -0.117. The number of nitrogens with zero attached hydrogens (tertiary/aromatic N) is 2. The zero-order valence-electron chi connectivity index (χ0n) is 17.9. The lowest BCUT2D eigenvalue weighted by atomic mass is 10.1. The topological polar surface area (TPSA) is 73.6 Å². The average molecular weight is 411 g/mol. The van der Waals surface area contributed by atoms with Gasteiger partial charge in [0.15, 0.2) is 0 Å². The number of amides is 1. The molecule has 4 rings (SSSR count). The molecular weight excluding hydrogens is 384 g/mol. The van der Waals surface area contributed by atoms with Crippen molar-refractivity contribution in [1.29, 1.82) is 5.26 Å². The summed E-state index contributed by atoms with van der Waals surface area (Å²) in [5, 5.41) is 14.7. The van der Waals surface area contributed by atoms with E-state index in [1.54, 1.807) is 6.08 Å². The molecule has 2 aromatic carbocycles. The molecule has 0 bridgehead atoms. The largest absolute Gasteiger partial charge is 0.361 e. The number of nitriles is 1. The van der Waals surface area contributed by atoms with Crippen LogP contribution in [0.5, 0.6) is 0 Å². The van der Waals surface area contributed by atoms with Crippen LogP contribution in [0.15, 0.2) is 66.5 Å². The van der Waals surface area contributed by atoms with Crippen LogP contribution in [0.4, 0.5) is 0 Å². The summed E-state index contributed by atoms with van der Waals surface area (Å²) >= 11 is 0. The van der Waals surface area contributed by atoms with E-state index in [0.717, 1.165) is 39.4 Å². The number of nitrogens with one attached hydrogen (secondary N) is 2. The molecule has 0 saturated carbocycles. The van der Waals surface area contributed by atoms with E-state index >= 15 is 0 Å². The fourth-order valence-corrected chi connectivity index (χ4v) is 3.96. The normalized spacial score (nSPS) is 12.7. The molecule has 0 spiro atoms. The Morgan fingerprint density at radius 2 is 1.94 bits per heavy atom. The quantitative estimate of drug-likeness (QED) is 0.318. The second-order valence-corrected chi connectivity index (χ2v) is 7.80. The number of hydrogen-bond donors (Lipinski definition) is 2. The molecule has 0 aliphatic rings. The first kappa shape index (κ1) is 20.5. The number of fused-ring (bicyclic) bond motifs is 2. The summed E-state index contributed by atoms with van der Waals surface area (Å²) in [7, 11) is 0. The molecule has 1 atom stereocenters. The predicted octanol–water partition coefficient (Wildman–Crippen LogP) is 5.36. The van der Waals surface area contributed by atoms with Gasteiger partial charge in [-0.05, 0) is 43.5 Å². The zero-order chi connectivity index (χ0) is 21.8. The molecule has 4 aromatic rings. The van der Waals surface area contributed by atoms with Crippen molar-refractivity contribution < 1.29 is 4.79 Å². The molecule has 2 heterocycles. The van der Waals surface area contributed by atoms with E-state index in [-0.39, 0.29) is 11.5 Å². The van der Waals surface area contributed by atoms with Gasteiger partial charge in [-0.1, -0.05) is 43.3 Å². The Morgan fingerprint density at radius 1 is 1.19 bits per heavy atom. The first-order valence-electron chi connectivity index (χ1n) is 10.7. The van der Waals surface area contributed by atoms with Crippen LogP contribution in [0.3, 0.4) is 0 Å². The molecule has 0 aliphatic heterocycles. The molecule has 0 radical (unpaired) electrons. The van der Waals surface area contributed by atoms with Gasteiger partial charge >= 0.3 is 0 Å². The number of carbonyl (C=O) groups is 1. The van der Waals surface area contributed by atoms with Gasteiger partial charge in [0.2, 0.25) is 0 Å². The van der Waals surface area contributed by atoms with Crippen LogP contribution in [-0.2, 0) is 11.2 Å². The summed E-state index contributed by atoms with van der Waals surface area (Å²) in [6, 6.07) is 18.6. The number of aromatic amines is 1. The Balaban J connectivity index is 1.52.